The highest BCUT2D eigenvalue weighted by Gasteiger charge is 2.33. The largest absolute Gasteiger partial charge is 0.293 e. The fourth-order valence-electron chi connectivity index (χ4n) is 2.72. The highest BCUT2D eigenvalue weighted by molar-refractivity contribution is 7.92. The molecule has 0 N–H and O–H groups in total. The van der Waals surface area contributed by atoms with Gasteiger partial charge in [0, 0.05) is 6.07 Å². The molecule has 3 nitrogen and oxygen atoms in total. The molecule has 0 spiro atoms. The summed E-state index contributed by atoms with van der Waals surface area (Å²) in [4.78, 5) is 12.2. The van der Waals surface area contributed by atoms with Gasteiger partial charge >= 0.3 is 0 Å². The first kappa shape index (κ1) is 16.1. The third-order valence-corrected chi connectivity index (χ3v) is 6.27. The molecule has 0 saturated heterocycles. The number of Topliss-reactive ketones (excluding diaryl/α,β-unsaturated/α-hetero) is 1. The molecule has 1 fully saturated rings. The quantitative estimate of drug-likeness (QED) is 0.784. The highest BCUT2D eigenvalue weighted by Crippen LogP contribution is 2.27. The molecule has 0 aliphatic heterocycles. The standard InChI is InChI=1S/C15H18F2O3S/c1-10(21(19,20)9-11-4-2-3-5-11)15(18)13-7-6-12(16)8-14(13)17/h6-8,10-11H,2-5,9H2,1H3. The molecule has 1 aromatic rings. The number of rotatable bonds is 5. The number of sulfone groups is 1. The minimum absolute atomic E-state index is 0.0390. The summed E-state index contributed by atoms with van der Waals surface area (Å²) in [5.74, 6) is -2.59. The van der Waals surface area contributed by atoms with Crippen LogP contribution in [-0.4, -0.2) is 25.2 Å². The van der Waals surface area contributed by atoms with Crippen molar-refractivity contribution in [3.8, 4) is 0 Å². The van der Waals surface area contributed by atoms with Gasteiger partial charge in [0.2, 0.25) is 0 Å². The van der Waals surface area contributed by atoms with Gasteiger partial charge in [0.1, 0.15) is 16.9 Å². The Kier molecular flexibility index (Phi) is 4.76. The van der Waals surface area contributed by atoms with E-state index in [2.05, 4.69) is 0 Å². The molecule has 0 bridgehead atoms. The molecular formula is C15H18F2O3S. The Labute approximate surface area is 123 Å². The van der Waals surface area contributed by atoms with Gasteiger partial charge in [-0.25, -0.2) is 17.2 Å². The first-order valence-electron chi connectivity index (χ1n) is 7.02. The van der Waals surface area contributed by atoms with E-state index in [4.69, 9.17) is 0 Å². The number of hydrogen-bond donors (Lipinski definition) is 0. The van der Waals surface area contributed by atoms with Crippen molar-refractivity contribution in [2.75, 3.05) is 5.75 Å². The molecule has 1 unspecified atom stereocenters. The van der Waals surface area contributed by atoms with Gasteiger partial charge in [0.05, 0.1) is 11.3 Å². The summed E-state index contributed by atoms with van der Waals surface area (Å²) in [6, 6.07) is 2.53. The predicted octanol–water partition coefficient (Wildman–Crippen LogP) is 3.14. The summed E-state index contributed by atoms with van der Waals surface area (Å²) < 4.78 is 51.0. The Balaban J connectivity index is 2.17. The molecule has 0 heterocycles. The summed E-state index contributed by atoms with van der Waals surface area (Å²) in [5, 5.41) is -1.31. The van der Waals surface area contributed by atoms with Crippen LogP contribution in [-0.2, 0) is 9.84 Å². The summed E-state index contributed by atoms with van der Waals surface area (Å²) >= 11 is 0. The predicted molar refractivity (Wildman–Crippen MR) is 75.9 cm³/mol. The fourth-order valence-corrected chi connectivity index (χ4v) is 4.45. The van der Waals surface area contributed by atoms with Gasteiger partial charge in [-0.3, -0.25) is 4.79 Å². The molecule has 1 aromatic carbocycles. The van der Waals surface area contributed by atoms with Crippen molar-refractivity contribution in [1.82, 2.24) is 0 Å². The van der Waals surface area contributed by atoms with E-state index < -0.39 is 32.5 Å². The molecule has 1 aliphatic carbocycles. The molecular weight excluding hydrogens is 298 g/mol. The van der Waals surface area contributed by atoms with E-state index in [1.54, 1.807) is 0 Å². The van der Waals surface area contributed by atoms with Crippen molar-refractivity contribution < 1.29 is 22.0 Å². The van der Waals surface area contributed by atoms with Crippen molar-refractivity contribution in [2.24, 2.45) is 5.92 Å². The molecule has 1 saturated carbocycles. The summed E-state index contributed by atoms with van der Waals surface area (Å²) in [6.45, 7) is 1.27. The van der Waals surface area contributed by atoms with Crippen LogP contribution in [0.5, 0.6) is 0 Å². The number of carbonyl (C=O) groups is 1. The zero-order valence-electron chi connectivity index (χ0n) is 11.8. The molecule has 116 valence electrons. The maximum atomic E-state index is 13.6. The van der Waals surface area contributed by atoms with Gasteiger partial charge in [-0.2, -0.15) is 0 Å². The normalized spacial score (nSPS) is 17.9. The van der Waals surface area contributed by atoms with E-state index in [1.165, 1.54) is 6.92 Å². The van der Waals surface area contributed by atoms with Crippen molar-refractivity contribution in [3.05, 3.63) is 35.4 Å². The first-order chi connectivity index (χ1) is 9.81. The topological polar surface area (TPSA) is 51.2 Å². The second kappa shape index (κ2) is 6.22. The number of benzene rings is 1. The lowest BCUT2D eigenvalue weighted by atomic mass is 10.1. The summed E-state index contributed by atoms with van der Waals surface area (Å²) in [6.07, 6.45) is 3.72. The smallest absolute Gasteiger partial charge is 0.183 e. The van der Waals surface area contributed by atoms with Crippen molar-refractivity contribution in [2.45, 2.75) is 37.9 Å². The summed E-state index contributed by atoms with van der Waals surface area (Å²) in [7, 11) is -3.63. The molecule has 1 aliphatic rings. The van der Waals surface area contributed by atoms with E-state index in [9.17, 15) is 22.0 Å². The Bertz CT molecular complexity index is 634. The van der Waals surface area contributed by atoms with Gasteiger partial charge in [-0.1, -0.05) is 12.8 Å². The van der Waals surface area contributed by atoms with Crippen LogP contribution in [0.25, 0.3) is 0 Å². The van der Waals surface area contributed by atoms with Crippen LogP contribution in [0.4, 0.5) is 8.78 Å². The molecule has 0 radical (unpaired) electrons. The lowest BCUT2D eigenvalue weighted by Crippen LogP contribution is -2.32. The van der Waals surface area contributed by atoms with Crippen LogP contribution in [0.3, 0.4) is 0 Å². The SMILES string of the molecule is CC(C(=O)c1ccc(F)cc1F)S(=O)(=O)CC1CCCC1. The monoisotopic (exact) mass is 316 g/mol. The van der Waals surface area contributed by atoms with Crippen molar-refractivity contribution in [1.29, 1.82) is 0 Å². The Hall–Kier alpha value is -1.30. The van der Waals surface area contributed by atoms with E-state index in [1.807, 2.05) is 0 Å². The molecule has 2 rings (SSSR count). The van der Waals surface area contributed by atoms with Crippen LogP contribution in [0.2, 0.25) is 0 Å². The van der Waals surface area contributed by atoms with E-state index >= 15 is 0 Å². The van der Waals surface area contributed by atoms with Gasteiger partial charge in [-0.05, 0) is 37.8 Å². The molecule has 0 aromatic heterocycles. The van der Waals surface area contributed by atoms with Gasteiger partial charge in [0.15, 0.2) is 15.6 Å². The Morgan fingerprint density at radius 1 is 1.29 bits per heavy atom. The van der Waals surface area contributed by atoms with Gasteiger partial charge < -0.3 is 0 Å². The zero-order chi connectivity index (χ0) is 15.6. The van der Waals surface area contributed by atoms with Crippen LogP contribution in [0, 0.1) is 17.6 Å². The molecule has 6 heteroatoms. The second-order valence-corrected chi connectivity index (χ2v) is 7.98. The van der Waals surface area contributed by atoms with Crippen LogP contribution in [0.1, 0.15) is 43.0 Å². The number of ketones is 1. The van der Waals surface area contributed by atoms with Gasteiger partial charge in [-0.15, -0.1) is 0 Å². The maximum Gasteiger partial charge on any atom is 0.183 e. The Morgan fingerprint density at radius 2 is 1.90 bits per heavy atom. The van der Waals surface area contributed by atoms with E-state index in [0.29, 0.717) is 6.07 Å². The lowest BCUT2D eigenvalue weighted by Gasteiger charge is -2.15. The van der Waals surface area contributed by atoms with E-state index in [-0.39, 0.29) is 17.2 Å². The van der Waals surface area contributed by atoms with Crippen molar-refractivity contribution >= 4 is 15.6 Å². The van der Waals surface area contributed by atoms with E-state index in [0.717, 1.165) is 37.8 Å². The highest BCUT2D eigenvalue weighted by atomic mass is 32.2. The lowest BCUT2D eigenvalue weighted by molar-refractivity contribution is 0.0987. The number of hydrogen-bond acceptors (Lipinski definition) is 3. The minimum atomic E-state index is -3.63. The first-order valence-corrected chi connectivity index (χ1v) is 8.73. The molecule has 21 heavy (non-hydrogen) atoms. The van der Waals surface area contributed by atoms with Crippen LogP contribution in [0.15, 0.2) is 18.2 Å². The molecule has 0 amide bonds. The Morgan fingerprint density at radius 3 is 2.48 bits per heavy atom. The van der Waals surface area contributed by atoms with Crippen molar-refractivity contribution in [3.63, 3.8) is 0 Å². The maximum absolute atomic E-state index is 13.6. The second-order valence-electron chi connectivity index (χ2n) is 5.61. The van der Waals surface area contributed by atoms with Gasteiger partial charge in [0.25, 0.3) is 0 Å². The zero-order valence-corrected chi connectivity index (χ0v) is 12.6. The average molecular weight is 316 g/mol. The third-order valence-electron chi connectivity index (χ3n) is 4.05. The minimum Gasteiger partial charge on any atom is -0.293 e. The number of halogens is 2. The fraction of sp³-hybridized carbons (Fsp3) is 0.533. The number of carbonyl (C=O) groups excluding carboxylic acids is 1. The average Bonchev–Trinajstić information content (AvgIpc) is 2.89. The van der Waals surface area contributed by atoms with Crippen LogP contribution < -0.4 is 0 Å². The molecule has 1 atom stereocenters. The summed E-state index contributed by atoms with van der Waals surface area (Å²) in [5.41, 5.74) is -0.376. The van der Waals surface area contributed by atoms with Crippen LogP contribution >= 0.6 is 0 Å². The third kappa shape index (κ3) is 3.67.